The Morgan fingerprint density at radius 2 is 2.12 bits per heavy atom. The molecule has 0 aromatic carbocycles. The Labute approximate surface area is 109 Å². The summed E-state index contributed by atoms with van der Waals surface area (Å²) in [6, 6.07) is 0. The van der Waals surface area contributed by atoms with Crippen LogP contribution in [0.2, 0.25) is 5.02 Å². The van der Waals surface area contributed by atoms with Crippen molar-refractivity contribution in [2.24, 2.45) is 18.4 Å². The van der Waals surface area contributed by atoms with Crippen LogP contribution in [0.3, 0.4) is 0 Å². The number of aryl methyl sites for hydroxylation is 2. The van der Waals surface area contributed by atoms with E-state index in [1.165, 1.54) is 12.1 Å². The number of aromatic nitrogens is 2. The lowest BCUT2D eigenvalue weighted by molar-refractivity contribution is 0.128. The van der Waals surface area contributed by atoms with Gasteiger partial charge in [0.05, 0.1) is 16.4 Å². The van der Waals surface area contributed by atoms with Crippen LogP contribution in [-0.4, -0.2) is 22.9 Å². The monoisotopic (exact) mass is 255 g/mol. The van der Waals surface area contributed by atoms with E-state index >= 15 is 0 Å². The zero-order valence-corrected chi connectivity index (χ0v) is 11.9. The number of halogens is 1. The van der Waals surface area contributed by atoms with Gasteiger partial charge in [-0.1, -0.05) is 25.4 Å². The molecule has 2 rings (SSSR count). The summed E-state index contributed by atoms with van der Waals surface area (Å²) in [6.07, 6.45) is 2.29. The van der Waals surface area contributed by atoms with Gasteiger partial charge in [-0.2, -0.15) is 5.10 Å². The highest BCUT2D eigenvalue weighted by Gasteiger charge is 2.38. The maximum Gasteiger partial charge on any atom is 0.0847 e. The Bertz CT molecular complexity index is 405. The summed E-state index contributed by atoms with van der Waals surface area (Å²) in [6.45, 7) is 8.75. The van der Waals surface area contributed by atoms with Crippen LogP contribution in [0.15, 0.2) is 0 Å². The van der Waals surface area contributed by atoms with E-state index in [-0.39, 0.29) is 0 Å². The molecule has 1 saturated heterocycles. The van der Waals surface area contributed by atoms with Crippen LogP contribution >= 0.6 is 11.6 Å². The Kier molecular flexibility index (Phi) is 3.50. The minimum atomic E-state index is 0.387. The Morgan fingerprint density at radius 1 is 1.47 bits per heavy atom. The van der Waals surface area contributed by atoms with Gasteiger partial charge < -0.3 is 5.32 Å². The van der Waals surface area contributed by atoms with Gasteiger partial charge in [0.15, 0.2) is 0 Å². The Balaban J connectivity index is 2.18. The van der Waals surface area contributed by atoms with E-state index in [1.54, 1.807) is 0 Å². The van der Waals surface area contributed by atoms with Crippen molar-refractivity contribution >= 4 is 11.6 Å². The van der Waals surface area contributed by atoms with E-state index in [0.717, 1.165) is 36.1 Å². The molecule has 4 heteroatoms. The van der Waals surface area contributed by atoms with Crippen molar-refractivity contribution in [2.75, 3.05) is 13.1 Å². The first-order valence-electron chi connectivity index (χ1n) is 6.32. The molecule has 96 valence electrons. The number of hydrogen-bond donors (Lipinski definition) is 1. The van der Waals surface area contributed by atoms with Crippen molar-refractivity contribution in [3.05, 3.63) is 16.4 Å². The summed E-state index contributed by atoms with van der Waals surface area (Å²) in [5, 5.41) is 8.65. The second kappa shape index (κ2) is 4.62. The van der Waals surface area contributed by atoms with Crippen LogP contribution in [0.25, 0.3) is 0 Å². The molecule has 0 unspecified atom stereocenters. The largest absolute Gasteiger partial charge is 0.316 e. The smallest absolute Gasteiger partial charge is 0.0847 e. The fourth-order valence-corrected chi connectivity index (χ4v) is 3.14. The first-order chi connectivity index (χ1) is 7.93. The van der Waals surface area contributed by atoms with Crippen LogP contribution < -0.4 is 5.32 Å². The van der Waals surface area contributed by atoms with Gasteiger partial charge in [0.1, 0.15) is 0 Å². The highest BCUT2D eigenvalue weighted by Crippen LogP contribution is 2.36. The predicted octanol–water partition coefficient (Wildman–Crippen LogP) is 2.56. The second-order valence-electron chi connectivity index (χ2n) is 5.85. The van der Waals surface area contributed by atoms with Gasteiger partial charge >= 0.3 is 0 Å². The predicted molar refractivity (Wildman–Crippen MR) is 71.4 cm³/mol. The summed E-state index contributed by atoms with van der Waals surface area (Å²) in [4.78, 5) is 0. The van der Waals surface area contributed by atoms with Gasteiger partial charge in [-0.25, -0.2) is 0 Å². The van der Waals surface area contributed by atoms with Crippen LogP contribution in [0.4, 0.5) is 0 Å². The van der Waals surface area contributed by atoms with Gasteiger partial charge in [0.25, 0.3) is 0 Å². The van der Waals surface area contributed by atoms with Crippen molar-refractivity contribution in [2.45, 2.75) is 33.6 Å². The third-order valence-corrected chi connectivity index (χ3v) is 4.14. The van der Waals surface area contributed by atoms with Gasteiger partial charge in [0.2, 0.25) is 0 Å². The normalized spacial score (nSPS) is 18.5. The van der Waals surface area contributed by atoms with E-state index in [0.29, 0.717) is 5.41 Å². The average molecular weight is 256 g/mol. The minimum absolute atomic E-state index is 0.387. The molecule has 0 radical (unpaired) electrons. The maximum absolute atomic E-state index is 6.33. The summed E-state index contributed by atoms with van der Waals surface area (Å²) in [5.41, 5.74) is 2.51. The maximum atomic E-state index is 6.33. The molecule has 1 aliphatic heterocycles. The third kappa shape index (κ3) is 2.50. The molecule has 0 saturated carbocycles. The van der Waals surface area contributed by atoms with Crippen LogP contribution in [-0.2, 0) is 13.5 Å². The molecule has 0 aliphatic carbocycles. The molecule has 0 bridgehead atoms. The highest BCUT2D eigenvalue weighted by molar-refractivity contribution is 6.31. The van der Waals surface area contributed by atoms with E-state index < -0.39 is 0 Å². The van der Waals surface area contributed by atoms with Crippen LogP contribution in [0.5, 0.6) is 0 Å². The van der Waals surface area contributed by atoms with Crippen LogP contribution in [0, 0.1) is 18.3 Å². The third-order valence-electron chi connectivity index (χ3n) is 3.65. The first kappa shape index (κ1) is 12.9. The summed E-state index contributed by atoms with van der Waals surface area (Å²) >= 11 is 6.33. The van der Waals surface area contributed by atoms with Gasteiger partial charge in [0, 0.05) is 25.6 Å². The summed E-state index contributed by atoms with van der Waals surface area (Å²) in [5.74, 6) is 0.727. The van der Waals surface area contributed by atoms with Crippen LogP contribution in [0.1, 0.15) is 31.7 Å². The molecule has 0 spiro atoms. The lowest BCUT2D eigenvalue weighted by atomic mass is 9.72. The molecular weight excluding hydrogens is 234 g/mol. The SMILES string of the molecule is Cc1nn(C)c(CC2(CC(C)C)CNC2)c1Cl. The van der Waals surface area contributed by atoms with E-state index in [9.17, 15) is 0 Å². The zero-order valence-electron chi connectivity index (χ0n) is 11.2. The molecule has 17 heavy (non-hydrogen) atoms. The molecule has 1 aliphatic rings. The number of rotatable bonds is 4. The summed E-state index contributed by atoms with van der Waals surface area (Å²) in [7, 11) is 1.99. The first-order valence-corrected chi connectivity index (χ1v) is 6.70. The van der Waals surface area contributed by atoms with E-state index in [1.807, 2.05) is 18.7 Å². The Morgan fingerprint density at radius 3 is 2.47 bits per heavy atom. The zero-order chi connectivity index (χ0) is 12.6. The van der Waals surface area contributed by atoms with Crippen molar-refractivity contribution in [3.8, 4) is 0 Å². The molecule has 0 atom stereocenters. The fourth-order valence-electron chi connectivity index (χ4n) is 2.91. The minimum Gasteiger partial charge on any atom is -0.316 e. The van der Waals surface area contributed by atoms with Crippen molar-refractivity contribution < 1.29 is 0 Å². The van der Waals surface area contributed by atoms with E-state index in [4.69, 9.17) is 11.6 Å². The Hall–Kier alpha value is -0.540. The second-order valence-corrected chi connectivity index (χ2v) is 6.23. The van der Waals surface area contributed by atoms with Crippen molar-refractivity contribution in [1.82, 2.24) is 15.1 Å². The number of nitrogens with zero attached hydrogens (tertiary/aromatic N) is 2. The van der Waals surface area contributed by atoms with Gasteiger partial charge in [-0.3, -0.25) is 4.68 Å². The average Bonchev–Trinajstić information content (AvgIpc) is 2.40. The number of nitrogens with one attached hydrogen (secondary N) is 1. The molecular formula is C13H22ClN3. The van der Waals surface area contributed by atoms with Crippen molar-refractivity contribution in [1.29, 1.82) is 0 Å². The summed E-state index contributed by atoms with van der Waals surface area (Å²) < 4.78 is 1.94. The fraction of sp³-hybridized carbons (Fsp3) is 0.769. The molecule has 2 heterocycles. The quantitative estimate of drug-likeness (QED) is 0.896. The van der Waals surface area contributed by atoms with Crippen molar-refractivity contribution in [3.63, 3.8) is 0 Å². The standard InChI is InChI=1S/C13H22ClN3/c1-9(2)5-13(7-15-8-13)6-11-12(14)10(3)16-17(11)4/h9,15H,5-8H2,1-4H3. The molecule has 1 fully saturated rings. The lowest BCUT2D eigenvalue weighted by Gasteiger charge is -2.44. The molecule has 3 nitrogen and oxygen atoms in total. The topological polar surface area (TPSA) is 29.9 Å². The highest BCUT2D eigenvalue weighted by atomic mass is 35.5. The molecule has 1 N–H and O–H groups in total. The van der Waals surface area contributed by atoms with E-state index in [2.05, 4.69) is 24.3 Å². The molecule has 1 aromatic rings. The lowest BCUT2D eigenvalue weighted by Crippen LogP contribution is -2.55. The molecule has 0 amide bonds. The molecule has 1 aromatic heterocycles. The van der Waals surface area contributed by atoms with Gasteiger partial charge in [-0.05, 0) is 25.7 Å². The number of hydrogen-bond acceptors (Lipinski definition) is 2. The van der Waals surface area contributed by atoms with Gasteiger partial charge in [-0.15, -0.1) is 0 Å².